The predicted octanol–water partition coefficient (Wildman–Crippen LogP) is 4.44. The number of hydrogen-bond donors (Lipinski definition) is 2. The van der Waals surface area contributed by atoms with Gasteiger partial charge in [-0.15, -0.1) is 0 Å². The van der Waals surface area contributed by atoms with Gasteiger partial charge in [0.15, 0.2) is 0 Å². The van der Waals surface area contributed by atoms with Crippen LogP contribution < -0.4 is 10.6 Å². The normalized spacial score (nSPS) is 10.9. The van der Waals surface area contributed by atoms with Crippen LogP contribution in [0.25, 0.3) is 11.3 Å². The molecule has 1 aromatic carbocycles. The van der Waals surface area contributed by atoms with Crippen LogP contribution in [0.5, 0.6) is 0 Å². The van der Waals surface area contributed by atoms with Crippen molar-refractivity contribution in [3.63, 3.8) is 0 Å². The van der Waals surface area contributed by atoms with Crippen molar-refractivity contribution in [2.75, 3.05) is 37.8 Å². The molecule has 3 aromatic rings. The van der Waals surface area contributed by atoms with Crippen LogP contribution in [0.15, 0.2) is 48.8 Å². The Morgan fingerprint density at radius 3 is 2.61 bits per heavy atom. The SMILES string of the molecule is CN(C)CCCNc1nc(Nc2cc(Cl)ccc2F)cc(-c2ccncc2)n1. The molecule has 0 aliphatic carbocycles. The summed E-state index contributed by atoms with van der Waals surface area (Å²) < 4.78 is 14.1. The number of nitrogens with one attached hydrogen (secondary N) is 2. The van der Waals surface area contributed by atoms with Crippen molar-refractivity contribution in [2.24, 2.45) is 0 Å². The summed E-state index contributed by atoms with van der Waals surface area (Å²) in [5.74, 6) is 0.532. The molecule has 3 rings (SSSR count). The van der Waals surface area contributed by atoms with Crippen molar-refractivity contribution in [3.05, 3.63) is 59.6 Å². The second kappa shape index (κ2) is 9.43. The molecule has 28 heavy (non-hydrogen) atoms. The van der Waals surface area contributed by atoms with Crippen LogP contribution in [-0.2, 0) is 0 Å². The van der Waals surface area contributed by atoms with E-state index in [0.29, 0.717) is 22.5 Å². The van der Waals surface area contributed by atoms with Gasteiger partial charge in [0, 0.05) is 35.6 Å². The fraction of sp³-hybridized carbons (Fsp3) is 0.250. The van der Waals surface area contributed by atoms with Gasteiger partial charge in [-0.3, -0.25) is 4.98 Å². The molecule has 0 aliphatic rings. The Hall–Kier alpha value is -2.77. The molecule has 0 spiro atoms. The van der Waals surface area contributed by atoms with Gasteiger partial charge in [-0.1, -0.05) is 11.6 Å². The second-order valence-corrected chi connectivity index (χ2v) is 6.97. The Labute approximate surface area is 168 Å². The minimum Gasteiger partial charge on any atom is -0.354 e. The third-order valence-electron chi connectivity index (χ3n) is 3.96. The highest BCUT2D eigenvalue weighted by Gasteiger charge is 2.10. The smallest absolute Gasteiger partial charge is 0.225 e. The van der Waals surface area contributed by atoms with Gasteiger partial charge in [0.1, 0.15) is 11.6 Å². The predicted molar refractivity (Wildman–Crippen MR) is 112 cm³/mol. The van der Waals surface area contributed by atoms with E-state index in [4.69, 9.17) is 11.6 Å². The maximum absolute atomic E-state index is 14.1. The van der Waals surface area contributed by atoms with Gasteiger partial charge in [0.25, 0.3) is 0 Å². The lowest BCUT2D eigenvalue weighted by Gasteiger charge is -2.13. The molecular formula is C20H22ClFN6. The Kier molecular flexibility index (Phi) is 6.73. The lowest BCUT2D eigenvalue weighted by atomic mass is 10.2. The first-order valence-electron chi connectivity index (χ1n) is 8.91. The zero-order valence-corrected chi connectivity index (χ0v) is 16.5. The van der Waals surface area contributed by atoms with E-state index in [2.05, 4.69) is 30.5 Å². The zero-order valence-electron chi connectivity index (χ0n) is 15.8. The summed E-state index contributed by atoms with van der Waals surface area (Å²) >= 11 is 5.99. The number of benzene rings is 1. The maximum atomic E-state index is 14.1. The van der Waals surface area contributed by atoms with Crippen molar-refractivity contribution in [2.45, 2.75) is 6.42 Å². The van der Waals surface area contributed by atoms with E-state index >= 15 is 0 Å². The number of aromatic nitrogens is 3. The largest absolute Gasteiger partial charge is 0.354 e. The molecule has 146 valence electrons. The molecular weight excluding hydrogens is 379 g/mol. The molecule has 2 aromatic heterocycles. The van der Waals surface area contributed by atoms with Gasteiger partial charge < -0.3 is 15.5 Å². The summed E-state index contributed by atoms with van der Waals surface area (Å²) in [6.07, 6.45) is 4.35. The summed E-state index contributed by atoms with van der Waals surface area (Å²) in [5, 5.41) is 6.68. The molecule has 0 radical (unpaired) electrons. The van der Waals surface area contributed by atoms with Gasteiger partial charge in [-0.25, -0.2) is 9.37 Å². The highest BCUT2D eigenvalue weighted by molar-refractivity contribution is 6.30. The topological polar surface area (TPSA) is 66.0 Å². The molecule has 0 aliphatic heterocycles. The van der Waals surface area contributed by atoms with E-state index in [1.165, 1.54) is 18.2 Å². The average molecular weight is 401 g/mol. The Morgan fingerprint density at radius 1 is 1.07 bits per heavy atom. The number of rotatable bonds is 8. The monoisotopic (exact) mass is 400 g/mol. The molecule has 0 bridgehead atoms. The lowest BCUT2D eigenvalue weighted by molar-refractivity contribution is 0.405. The van der Waals surface area contributed by atoms with E-state index in [1.807, 2.05) is 26.2 Å². The van der Waals surface area contributed by atoms with E-state index in [1.54, 1.807) is 18.5 Å². The van der Waals surface area contributed by atoms with Crippen molar-refractivity contribution >= 4 is 29.1 Å². The van der Waals surface area contributed by atoms with Crippen LogP contribution in [0, 0.1) is 5.82 Å². The number of pyridine rings is 1. The second-order valence-electron chi connectivity index (χ2n) is 6.53. The third kappa shape index (κ3) is 5.61. The van der Waals surface area contributed by atoms with E-state index in [-0.39, 0.29) is 5.69 Å². The van der Waals surface area contributed by atoms with Gasteiger partial charge in [-0.05, 0) is 57.4 Å². The zero-order chi connectivity index (χ0) is 19.9. The highest BCUT2D eigenvalue weighted by Crippen LogP contribution is 2.26. The summed E-state index contributed by atoms with van der Waals surface area (Å²) in [4.78, 5) is 15.2. The molecule has 8 heteroatoms. The fourth-order valence-electron chi connectivity index (χ4n) is 2.59. The van der Waals surface area contributed by atoms with Crippen LogP contribution in [0.2, 0.25) is 5.02 Å². The average Bonchev–Trinajstić information content (AvgIpc) is 2.68. The van der Waals surface area contributed by atoms with Crippen LogP contribution in [0.4, 0.5) is 21.8 Å². The minimum atomic E-state index is -0.408. The molecule has 0 saturated heterocycles. The van der Waals surface area contributed by atoms with Gasteiger partial charge in [0.05, 0.1) is 11.4 Å². The molecule has 0 saturated carbocycles. The Morgan fingerprint density at radius 2 is 1.86 bits per heavy atom. The molecule has 2 heterocycles. The highest BCUT2D eigenvalue weighted by atomic mass is 35.5. The molecule has 2 N–H and O–H groups in total. The quantitative estimate of drug-likeness (QED) is 0.545. The van der Waals surface area contributed by atoms with Crippen molar-refractivity contribution in [1.82, 2.24) is 19.9 Å². The van der Waals surface area contributed by atoms with Gasteiger partial charge in [0.2, 0.25) is 5.95 Å². The van der Waals surface area contributed by atoms with Crippen LogP contribution >= 0.6 is 11.6 Å². The fourth-order valence-corrected chi connectivity index (χ4v) is 2.76. The Balaban J connectivity index is 1.87. The van der Waals surface area contributed by atoms with E-state index < -0.39 is 5.82 Å². The van der Waals surface area contributed by atoms with Gasteiger partial charge in [-0.2, -0.15) is 4.98 Å². The summed E-state index contributed by atoms with van der Waals surface area (Å²) in [6.45, 7) is 1.68. The first kappa shape index (κ1) is 20.0. The van der Waals surface area contributed by atoms with Gasteiger partial charge >= 0.3 is 0 Å². The van der Waals surface area contributed by atoms with Crippen LogP contribution in [-0.4, -0.2) is 47.0 Å². The first-order chi connectivity index (χ1) is 13.5. The summed E-state index contributed by atoms with van der Waals surface area (Å²) in [5.41, 5.74) is 1.85. The lowest BCUT2D eigenvalue weighted by Crippen LogP contribution is -2.17. The van der Waals surface area contributed by atoms with E-state index in [0.717, 1.165) is 25.1 Å². The Bertz CT molecular complexity index is 920. The van der Waals surface area contributed by atoms with E-state index in [9.17, 15) is 4.39 Å². The molecule has 0 amide bonds. The molecule has 0 unspecified atom stereocenters. The number of hydrogen-bond acceptors (Lipinski definition) is 6. The van der Waals surface area contributed by atoms with Crippen molar-refractivity contribution in [3.8, 4) is 11.3 Å². The number of anilines is 3. The molecule has 0 atom stereocenters. The first-order valence-corrected chi connectivity index (χ1v) is 9.29. The summed E-state index contributed by atoms with van der Waals surface area (Å²) in [7, 11) is 4.06. The van der Waals surface area contributed by atoms with Crippen LogP contribution in [0.3, 0.4) is 0 Å². The number of nitrogens with zero attached hydrogens (tertiary/aromatic N) is 4. The maximum Gasteiger partial charge on any atom is 0.225 e. The molecule has 0 fully saturated rings. The van der Waals surface area contributed by atoms with Crippen molar-refractivity contribution < 1.29 is 4.39 Å². The van der Waals surface area contributed by atoms with Crippen molar-refractivity contribution in [1.29, 1.82) is 0 Å². The third-order valence-corrected chi connectivity index (χ3v) is 4.19. The molecule has 6 nitrogen and oxygen atoms in total. The minimum absolute atomic E-state index is 0.255. The summed E-state index contributed by atoms with van der Waals surface area (Å²) in [6, 6.07) is 9.83. The standard InChI is InChI=1S/C20H22ClFN6/c1-28(2)11-3-8-24-20-26-17(14-6-9-23-10-7-14)13-19(27-20)25-18-12-15(21)4-5-16(18)22/h4-7,9-10,12-13H,3,8,11H2,1-2H3,(H2,24,25,26,27). The number of halogens is 2. The van der Waals surface area contributed by atoms with Crippen LogP contribution in [0.1, 0.15) is 6.42 Å².